The second-order valence-corrected chi connectivity index (χ2v) is 7.95. The molecule has 0 unspecified atom stereocenters. The molecule has 1 N–H and O–H groups in total. The minimum Gasteiger partial charge on any atom is -0.352 e. The molecule has 1 aromatic carbocycles. The van der Waals surface area contributed by atoms with E-state index in [2.05, 4.69) is 5.32 Å². The van der Waals surface area contributed by atoms with Gasteiger partial charge >= 0.3 is 0 Å². The van der Waals surface area contributed by atoms with E-state index in [4.69, 9.17) is 0 Å². The van der Waals surface area contributed by atoms with Crippen LogP contribution in [0.15, 0.2) is 24.3 Å². The summed E-state index contributed by atoms with van der Waals surface area (Å²) in [5.41, 5.74) is 2.19. The van der Waals surface area contributed by atoms with Crippen molar-refractivity contribution >= 4 is 15.9 Å². The molecule has 22 heavy (non-hydrogen) atoms. The van der Waals surface area contributed by atoms with Crippen LogP contribution in [0, 0.1) is 12.8 Å². The molecule has 0 bridgehead atoms. The molecule has 0 radical (unpaired) electrons. The smallest absolute Gasteiger partial charge is 0.221 e. The summed E-state index contributed by atoms with van der Waals surface area (Å²) < 4.78 is 24.8. The third-order valence-electron chi connectivity index (χ3n) is 3.36. The van der Waals surface area contributed by atoms with E-state index in [-0.39, 0.29) is 24.8 Å². The molecule has 0 heterocycles. The summed E-state index contributed by atoms with van der Waals surface area (Å²) in [6, 6.07) is 7.85. The Kier molecular flexibility index (Phi) is 7.03. The Bertz CT molecular complexity index is 597. The SMILES string of the molecule is Cc1ccccc1CNC(=O)CCN(CC(C)C)S(C)(=O)=O. The maximum Gasteiger partial charge on any atom is 0.221 e. The van der Waals surface area contributed by atoms with Crippen LogP contribution in [0.2, 0.25) is 0 Å². The first-order valence-electron chi connectivity index (χ1n) is 7.46. The van der Waals surface area contributed by atoms with Crippen LogP contribution in [0.25, 0.3) is 0 Å². The maximum absolute atomic E-state index is 11.9. The average Bonchev–Trinajstić information content (AvgIpc) is 2.41. The molecule has 1 aromatic rings. The van der Waals surface area contributed by atoms with Crippen molar-refractivity contribution in [1.82, 2.24) is 9.62 Å². The lowest BCUT2D eigenvalue weighted by Crippen LogP contribution is -2.36. The van der Waals surface area contributed by atoms with Crippen molar-refractivity contribution in [3.8, 4) is 0 Å². The van der Waals surface area contributed by atoms with Gasteiger partial charge in [0.05, 0.1) is 6.26 Å². The van der Waals surface area contributed by atoms with E-state index in [9.17, 15) is 13.2 Å². The molecular weight excluding hydrogens is 300 g/mol. The molecule has 1 amide bonds. The molecule has 0 aliphatic rings. The van der Waals surface area contributed by atoms with Gasteiger partial charge < -0.3 is 5.32 Å². The van der Waals surface area contributed by atoms with Crippen LogP contribution in [0.4, 0.5) is 0 Å². The van der Waals surface area contributed by atoms with E-state index < -0.39 is 10.0 Å². The van der Waals surface area contributed by atoms with Crippen molar-refractivity contribution in [3.05, 3.63) is 35.4 Å². The standard InChI is InChI=1S/C16H26N2O3S/c1-13(2)12-18(22(4,20)21)10-9-16(19)17-11-15-8-6-5-7-14(15)3/h5-8,13H,9-12H2,1-4H3,(H,17,19). The third kappa shape index (κ3) is 6.58. The first-order valence-corrected chi connectivity index (χ1v) is 9.31. The Labute approximate surface area is 133 Å². The van der Waals surface area contributed by atoms with Crippen LogP contribution in [-0.4, -0.2) is 38.0 Å². The van der Waals surface area contributed by atoms with Gasteiger partial charge in [-0.05, 0) is 24.0 Å². The Morgan fingerprint density at radius 3 is 2.45 bits per heavy atom. The summed E-state index contributed by atoms with van der Waals surface area (Å²) in [5, 5.41) is 2.84. The number of carbonyl (C=O) groups is 1. The Balaban J connectivity index is 2.49. The van der Waals surface area contributed by atoms with Crippen molar-refractivity contribution in [2.75, 3.05) is 19.3 Å². The normalized spacial score (nSPS) is 11.9. The highest BCUT2D eigenvalue weighted by molar-refractivity contribution is 7.88. The molecule has 0 aliphatic heterocycles. The molecule has 0 aromatic heterocycles. The molecule has 6 heteroatoms. The van der Waals surface area contributed by atoms with Gasteiger partial charge in [0.2, 0.25) is 15.9 Å². The lowest BCUT2D eigenvalue weighted by atomic mass is 10.1. The number of nitrogens with zero attached hydrogens (tertiary/aromatic N) is 1. The van der Waals surface area contributed by atoms with Crippen LogP contribution in [0.3, 0.4) is 0 Å². The predicted molar refractivity (Wildman–Crippen MR) is 88.9 cm³/mol. The van der Waals surface area contributed by atoms with Gasteiger partial charge in [-0.3, -0.25) is 4.79 Å². The van der Waals surface area contributed by atoms with Crippen molar-refractivity contribution in [3.63, 3.8) is 0 Å². The van der Waals surface area contributed by atoms with Gasteiger partial charge in [0.1, 0.15) is 0 Å². The number of carbonyl (C=O) groups excluding carboxylic acids is 1. The van der Waals surface area contributed by atoms with E-state index in [1.54, 1.807) is 0 Å². The van der Waals surface area contributed by atoms with E-state index in [0.717, 1.165) is 11.1 Å². The minimum atomic E-state index is -3.28. The highest BCUT2D eigenvalue weighted by atomic mass is 32.2. The molecule has 1 rings (SSSR count). The number of hydrogen-bond acceptors (Lipinski definition) is 3. The Hall–Kier alpha value is -1.40. The highest BCUT2D eigenvalue weighted by Gasteiger charge is 2.18. The van der Waals surface area contributed by atoms with E-state index in [0.29, 0.717) is 13.1 Å². The number of nitrogens with one attached hydrogen (secondary N) is 1. The van der Waals surface area contributed by atoms with Crippen molar-refractivity contribution in [2.45, 2.75) is 33.7 Å². The number of sulfonamides is 1. The molecule has 5 nitrogen and oxygen atoms in total. The molecule has 0 fully saturated rings. The van der Waals surface area contributed by atoms with Gasteiger partial charge in [-0.25, -0.2) is 12.7 Å². The van der Waals surface area contributed by atoms with E-state index >= 15 is 0 Å². The topological polar surface area (TPSA) is 66.5 Å². The van der Waals surface area contributed by atoms with Crippen LogP contribution in [0.5, 0.6) is 0 Å². The zero-order valence-electron chi connectivity index (χ0n) is 13.8. The van der Waals surface area contributed by atoms with Gasteiger partial charge in [-0.2, -0.15) is 0 Å². The molecular formula is C16H26N2O3S. The lowest BCUT2D eigenvalue weighted by Gasteiger charge is -2.21. The van der Waals surface area contributed by atoms with Gasteiger partial charge in [-0.1, -0.05) is 38.1 Å². The van der Waals surface area contributed by atoms with Gasteiger partial charge in [0.25, 0.3) is 0 Å². The van der Waals surface area contributed by atoms with Gasteiger partial charge in [0.15, 0.2) is 0 Å². The van der Waals surface area contributed by atoms with Crippen molar-refractivity contribution < 1.29 is 13.2 Å². The van der Waals surface area contributed by atoms with E-state index in [1.165, 1.54) is 10.6 Å². The minimum absolute atomic E-state index is 0.138. The molecule has 0 saturated heterocycles. The molecule has 0 atom stereocenters. The fraction of sp³-hybridized carbons (Fsp3) is 0.562. The highest BCUT2D eigenvalue weighted by Crippen LogP contribution is 2.07. The molecule has 124 valence electrons. The number of benzene rings is 1. The summed E-state index contributed by atoms with van der Waals surface area (Å²) in [7, 11) is -3.28. The van der Waals surface area contributed by atoms with Crippen LogP contribution < -0.4 is 5.32 Å². The fourth-order valence-electron chi connectivity index (χ4n) is 2.12. The largest absolute Gasteiger partial charge is 0.352 e. The number of aryl methyl sites for hydroxylation is 1. The summed E-state index contributed by atoms with van der Waals surface area (Å²) in [6.45, 7) is 7.03. The Morgan fingerprint density at radius 2 is 1.91 bits per heavy atom. The first-order chi connectivity index (χ1) is 10.2. The molecule has 0 saturated carbocycles. The second kappa shape index (κ2) is 8.29. The molecule has 0 spiro atoms. The quantitative estimate of drug-likeness (QED) is 0.793. The van der Waals surface area contributed by atoms with Gasteiger partial charge in [0, 0.05) is 26.1 Å². The van der Waals surface area contributed by atoms with Gasteiger partial charge in [-0.15, -0.1) is 0 Å². The molecule has 0 aliphatic carbocycles. The van der Waals surface area contributed by atoms with Crippen molar-refractivity contribution in [2.24, 2.45) is 5.92 Å². The Morgan fingerprint density at radius 1 is 1.27 bits per heavy atom. The zero-order chi connectivity index (χ0) is 16.8. The van der Waals surface area contributed by atoms with E-state index in [1.807, 2.05) is 45.0 Å². The van der Waals surface area contributed by atoms with Crippen LogP contribution in [0.1, 0.15) is 31.4 Å². The first kappa shape index (κ1) is 18.6. The third-order valence-corrected chi connectivity index (χ3v) is 4.63. The summed E-state index contributed by atoms with van der Waals surface area (Å²) in [5.74, 6) is 0.0883. The number of hydrogen-bond donors (Lipinski definition) is 1. The fourth-order valence-corrected chi connectivity index (χ4v) is 3.11. The maximum atomic E-state index is 11.9. The zero-order valence-corrected chi connectivity index (χ0v) is 14.6. The lowest BCUT2D eigenvalue weighted by molar-refractivity contribution is -0.121. The van der Waals surface area contributed by atoms with Crippen LogP contribution >= 0.6 is 0 Å². The summed E-state index contributed by atoms with van der Waals surface area (Å²) in [6.07, 6.45) is 1.35. The monoisotopic (exact) mass is 326 g/mol. The number of rotatable bonds is 8. The van der Waals surface area contributed by atoms with Crippen LogP contribution in [-0.2, 0) is 21.4 Å². The summed E-state index contributed by atoms with van der Waals surface area (Å²) >= 11 is 0. The number of amides is 1. The van der Waals surface area contributed by atoms with Crippen molar-refractivity contribution in [1.29, 1.82) is 0 Å². The summed E-state index contributed by atoms with van der Waals surface area (Å²) in [4.78, 5) is 11.9. The average molecular weight is 326 g/mol. The predicted octanol–water partition coefficient (Wildman–Crippen LogP) is 1.92. The second-order valence-electron chi connectivity index (χ2n) is 5.97.